The molecule has 0 N–H and O–H groups in total. The van der Waals surface area contributed by atoms with Crippen molar-refractivity contribution in [3.63, 3.8) is 0 Å². The number of ether oxygens (including phenoxy) is 1. The van der Waals surface area contributed by atoms with Crippen LogP contribution >= 0.6 is 0 Å². The van der Waals surface area contributed by atoms with E-state index in [2.05, 4.69) is 201 Å². The van der Waals surface area contributed by atoms with E-state index < -0.39 is 0 Å². The van der Waals surface area contributed by atoms with Crippen LogP contribution in [0.15, 0.2) is 192 Å². The van der Waals surface area contributed by atoms with Gasteiger partial charge in [-0.3, -0.25) is 0 Å². The molecule has 3 heteroatoms. The molecule has 0 atom stereocenters. The highest BCUT2D eigenvalue weighted by Crippen LogP contribution is 2.55. The minimum atomic E-state index is -0.0964. The number of hydrogen-bond donors (Lipinski definition) is 0. The van der Waals surface area contributed by atoms with E-state index in [9.17, 15) is 0 Å². The lowest BCUT2D eigenvalue weighted by Crippen LogP contribution is -2.15. The zero-order valence-electron chi connectivity index (χ0n) is 34.2. The molecule has 62 heavy (non-hydrogen) atoms. The van der Waals surface area contributed by atoms with Gasteiger partial charge < -0.3 is 14.1 Å². The van der Waals surface area contributed by atoms with Gasteiger partial charge in [-0.2, -0.15) is 0 Å². The van der Waals surface area contributed by atoms with Crippen LogP contribution in [0.5, 0.6) is 11.5 Å². The molecular weight excluding hydrogens is 755 g/mol. The Morgan fingerprint density at radius 3 is 2.02 bits per heavy atom. The maximum Gasteiger partial charge on any atom is 0.137 e. The monoisotopic (exact) mass is 791 g/mol. The molecule has 12 aromatic rings. The normalized spacial score (nSPS) is 13.6. The van der Waals surface area contributed by atoms with E-state index in [0.29, 0.717) is 0 Å². The van der Waals surface area contributed by atoms with Crippen LogP contribution in [0, 0.1) is 0 Å². The summed E-state index contributed by atoms with van der Waals surface area (Å²) in [6.45, 7) is 4.68. The number of anilines is 3. The molecule has 0 radical (unpaired) electrons. The first-order chi connectivity index (χ1) is 30.5. The molecule has 2 heterocycles. The van der Waals surface area contributed by atoms with Crippen molar-refractivity contribution in [2.45, 2.75) is 19.3 Å². The molecule has 2 aliphatic rings. The number of benzene rings is 11. The molecule has 0 bridgehead atoms. The summed E-state index contributed by atoms with van der Waals surface area (Å²) in [6, 6.07) is 68.7. The first-order valence-corrected chi connectivity index (χ1v) is 21.5. The van der Waals surface area contributed by atoms with Gasteiger partial charge in [-0.05, 0) is 126 Å². The van der Waals surface area contributed by atoms with Crippen molar-refractivity contribution in [2.75, 3.05) is 4.90 Å². The first-order valence-electron chi connectivity index (χ1n) is 21.5. The quantitative estimate of drug-likeness (QED) is 0.166. The number of hydrogen-bond acceptors (Lipinski definition) is 3. The number of nitrogens with zero attached hydrogens (tertiary/aromatic N) is 1. The lowest BCUT2D eigenvalue weighted by atomic mass is 9.82. The topological polar surface area (TPSA) is 25.6 Å². The van der Waals surface area contributed by atoms with Gasteiger partial charge in [-0.1, -0.05) is 147 Å². The standard InChI is InChI=1S/C59H37NO2/c1-59(2)47-16-5-3-12-40(47)46-33-38(25-29-48(46)59)60(50-17-9-19-52-58(50)45-13-4-6-18-51(45)61-52)49-30-31-53-57-42(14-8-15-44(49)57)41-27-24-37(32-54(41)62-53)39-26-22-36-21-20-34-10-7-11-35-23-28-43(39)56(36)55(34)35/h3-33H,1-2H3. The molecule has 11 aromatic carbocycles. The van der Waals surface area contributed by atoms with E-state index in [1.54, 1.807) is 0 Å². The molecule has 3 nitrogen and oxygen atoms in total. The summed E-state index contributed by atoms with van der Waals surface area (Å²) in [5.41, 5.74) is 14.8. The Bertz CT molecular complexity index is 3870. The van der Waals surface area contributed by atoms with Gasteiger partial charge in [0.15, 0.2) is 0 Å². The zero-order chi connectivity index (χ0) is 40.8. The molecule has 0 saturated carbocycles. The fraction of sp³-hybridized carbons (Fsp3) is 0.0508. The van der Waals surface area contributed by atoms with Gasteiger partial charge in [-0.15, -0.1) is 0 Å². The maximum absolute atomic E-state index is 6.99. The highest BCUT2D eigenvalue weighted by atomic mass is 16.5. The molecule has 0 fully saturated rings. The Kier molecular flexibility index (Phi) is 6.63. The highest BCUT2D eigenvalue weighted by molar-refractivity contribution is 6.25. The minimum Gasteiger partial charge on any atom is -0.456 e. The summed E-state index contributed by atoms with van der Waals surface area (Å²) < 4.78 is 13.5. The van der Waals surface area contributed by atoms with Gasteiger partial charge in [0.2, 0.25) is 0 Å². The van der Waals surface area contributed by atoms with Gasteiger partial charge >= 0.3 is 0 Å². The van der Waals surface area contributed by atoms with E-state index in [-0.39, 0.29) is 5.41 Å². The van der Waals surface area contributed by atoms with Crippen molar-refractivity contribution >= 4 is 82.1 Å². The molecule has 0 amide bonds. The molecule has 0 spiro atoms. The molecule has 14 rings (SSSR count). The van der Waals surface area contributed by atoms with E-state index >= 15 is 0 Å². The number of furan rings is 1. The van der Waals surface area contributed by atoms with E-state index in [1.807, 2.05) is 6.07 Å². The average Bonchev–Trinajstić information content (AvgIpc) is 3.81. The van der Waals surface area contributed by atoms with E-state index in [1.165, 1.54) is 65.7 Å². The summed E-state index contributed by atoms with van der Waals surface area (Å²) in [7, 11) is 0. The third-order valence-electron chi connectivity index (χ3n) is 14.0. The smallest absolute Gasteiger partial charge is 0.137 e. The number of fused-ring (bicyclic) bond motifs is 8. The first kappa shape index (κ1) is 33.9. The van der Waals surface area contributed by atoms with Crippen molar-refractivity contribution in [1.29, 1.82) is 0 Å². The van der Waals surface area contributed by atoms with Gasteiger partial charge in [0.1, 0.15) is 22.7 Å². The number of para-hydroxylation sites is 1. The average molecular weight is 792 g/mol. The van der Waals surface area contributed by atoms with Crippen LogP contribution < -0.4 is 9.64 Å². The fourth-order valence-electron chi connectivity index (χ4n) is 11.2. The highest BCUT2D eigenvalue weighted by Gasteiger charge is 2.36. The molecule has 0 saturated heterocycles. The lowest BCUT2D eigenvalue weighted by Gasteiger charge is -2.30. The second-order valence-corrected chi connectivity index (χ2v) is 17.6. The van der Waals surface area contributed by atoms with Crippen LogP contribution in [0.3, 0.4) is 0 Å². The van der Waals surface area contributed by atoms with Gasteiger partial charge in [0.25, 0.3) is 0 Å². The van der Waals surface area contributed by atoms with Crippen molar-refractivity contribution in [3.05, 3.63) is 199 Å². The van der Waals surface area contributed by atoms with Crippen LogP contribution in [0.4, 0.5) is 17.1 Å². The van der Waals surface area contributed by atoms with Gasteiger partial charge in [0.05, 0.1) is 16.8 Å². The Labute approximate surface area is 358 Å². The number of rotatable bonds is 4. The minimum absolute atomic E-state index is 0.0964. The Balaban J connectivity index is 0.968. The lowest BCUT2D eigenvalue weighted by molar-refractivity contribution is 0.487. The third kappa shape index (κ3) is 4.49. The van der Waals surface area contributed by atoms with Crippen molar-refractivity contribution in [1.82, 2.24) is 0 Å². The van der Waals surface area contributed by atoms with E-state index in [0.717, 1.165) is 72.4 Å². The van der Waals surface area contributed by atoms with Crippen molar-refractivity contribution in [3.8, 4) is 44.9 Å². The maximum atomic E-state index is 6.99. The van der Waals surface area contributed by atoms with Crippen molar-refractivity contribution < 1.29 is 9.15 Å². The molecule has 290 valence electrons. The summed E-state index contributed by atoms with van der Waals surface area (Å²) in [6.07, 6.45) is 0. The summed E-state index contributed by atoms with van der Waals surface area (Å²) in [5.74, 6) is 1.73. The third-order valence-corrected chi connectivity index (χ3v) is 14.0. The fourth-order valence-corrected chi connectivity index (χ4v) is 11.2. The second kappa shape index (κ2) is 12.1. The SMILES string of the molecule is CC1(C)c2ccccc2-c2cc(N(c3ccc4c5c(cccc35)-c3ccc(-c5ccc6ccc7cccc8ccc5c6c78)cc3O4)c3cccc4oc5ccccc5c34)ccc21. The Morgan fingerprint density at radius 2 is 1.10 bits per heavy atom. The van der Waals surface area contributed by atoms with E-state index in [4.69, 9.17) is 9.15 Å². The Hall–Kier alpha value is -7.88. The molecule has 1 aromatic heterocycles. The van der Waals surface area contributed by atoms with Crippen LogP contribution in [0.1, 0.15) is 25.0 Å². The van der Waals surface area contributed by atoms with Crippen LogP contribution in [0.2, 0.25) is 0 Å². The summed E-state index contributed by atoms with van der Waals surface area (Å²) in [4.78, 5) is 2.44. The second-order valence-electron chi connectivity index (χ2n) is 17.6. The predicted octanol–water partition coefficient (Wildman–Crippen LogP) is 16.9. The predicted molar refractivity (Wildman–Crippen MR) is 258 cm³/mol. The molecule has 1 aliphatic carbocycles. The molecule has 0 unspecified atom stereocenters. The van der Waals surface area contributed by atoms with Crippen molar-refractivity contribution in [2.24, 2.45) is 0 Å². The van der Waals surface area contributed by atoms with Gasteiger partial charge in [0, 0.05) is 32.8 Å². The largest absolute Gasteiger partial charge is 0.456 e. The van der Waals surface area contributed by atoms with Crippen LogP contribution in [-0.2, 0) is 5.41 Å². The molecule has 1 aliphatic heterocycles. The summed E-state index contributed by atoms with van der Waals surface area (Å²) in [5, 5.41) is 12.1. The summed E-state index contributed by atoms with van der Waals surface area (Å²) >= 11 is 0. The van der Waals surface area contributed by atoms with Crippen LogP contribution in [-0.4, -0.2) is 0 Å². The van der Waals surface area contributed by atoms with Crippen LogP contribution in [0.25, 0.3) is 98.4 Å². The molecular formula is C59H37NO2. The Morgan fingerprint density at radius 1 is 0.387 bits per heavy atom. The van der Waals surface area contributed by atoms with Gasteiger partial charge in [-0.25, -0.2) is 0 Å². The zero-order valence-corrected chi connectivity index (χ0v) is 34.2.